The molecule has 0 spiro atoms. The Kier molecular flexibility index (Phi) is 5.00. The summed E-state index contributed by atoms with van der Waals surface area (Å²) in [6, 6.07) is -1.81. The molecule has 2 aliphatic rings. The number of nitrogens with zero attached hydrogens (tertiary/aromatic N) is 1. The third kappa shape index (κ3) is 4.36. The lowest BCUT2D eigenvalue weighted by atomic mass is 10.1. The molecule has 0 aromatic carbocycles. The van der Waals surface area contributed by atoms with E-state index in [0.717, 1.165) is 0 Å². The Morgan fingerprint density at radius 3 is 2.58 bits per heavy atom. The summed E-state index contributed by atoms with van der Waals surface area (Å²) < 4.78 is 10.0. The van der Waals surface area contributed by atoms with Crippen LogP contribution in [-0.2, 0) is 23.9 Å². The molecule has 3 atom stereocenters. The van der Waals surface area contributed by atoms with Gasteiger partial charge in [-0.3, -0.25) is 4.79 Å². The van der Waals surface area contributed by atoms with Crippen LogP contribution in [-0.4, -0.2) is 64.3 Å². The molecular formula is C15H22N2O7. The van der Waals surface area contributed by atoms with Crippen molar-refractivity contribution in [3.63, 3.8) is 0 Å². The second-order valence-corrected chi connectivity index (χ2v) is 6.93. The van der Waals surface area contributed by atoms with Crippen molar-refractivity contribution in [2.45, 2.75) is 63.8 Å². The molecule has 0 saturated carbocycles. The van der Waals surface area contributed by atoms with Crippen molar-refractivity contribution >= 4 is 23.9 Å². The molecule has 2 saturated heterocycles. The third-order valence-electron chi connectivity index (χ3n) is 3.77. The van der Waals surface area contributed by atoms with Crippen LogP contribution in [0.25, 0.3) is 0 Å². The van der Waals surface area contributed by atoms with Crippen molar-refractivity contribution in [1.29, 1.82) is 0 Å². The van der Waals surface area contributed by atoms with Gasteiger partial charge in [0.25, 0.3) is 0 Å². The minimum absolute atomic E-state index is 0.0870. The maximum atomic E-state index is 12.2. The molecule has 134 valence electrons. The van der Waals surface area contributed by atoms with Crippen LogP contribution in [0.15, 0.2) is 0 Å². The van der Waals surface area contributed by atoms with Crippen molar-refractivity contribution in [3.05, 3.63) is 0 Å². The van der Waals surface area contributed by atoms with Crippen LogP contribution in [0.5, 0.6) is 0 Å². The molecule has 0 aromatic heterocycles. The predicted molar refractivity (Wildman–Crippen MR) is 80.0 cm³/mol. The lowest BCUT2D eigenvalue weighted by Crippen LogP contribution is -2.46. The highest BCUT2D eigenvalue weighted by Gasteiger charge is 2.48. The standard InChI is InChI=1S/C15H22N2O7/c1-15(2,3)24-14(22)16-9(12(19)20)4-5-11(18)17-7-8-6-10(17)13(21)23-8/h8-10H,4-7H2,1-3H3,(H,16,22)(H,19,20)/t8-,9-,10-/m0/s1. The molecule has 0 radical (unpaired) electrons. The first-order valence-electron chi connectivity index (χ1n) is 7.79. The number of carboxylic acid groups (broad SMARTS) is 1. The Bertz CT molecular complexity index is 555. The number of likely N-dealkylation sites (tertiary alicyclic amines) is 1. The number of carboxylic acids is 1. The van der Waals surface area contributed by atoms with Crippen molar-refractivity contribution in [3.8, 4) is 0 Å². The molecule has 24 heavy (non-hydrogen) atoms. The number of rotatable bonds is 5. The fourth-order valence-corrected chi connectivity index (χ4v) is 2.74. The third-order valence-corrected chi connectivity index (χ3v) is 3.77. The normalized spacial score (nSPS) is 23.6. The summed E-state index contributed by atoms with van der Waals surface area (Å²) in [6.45, 7) is 5.32. The number of amides is 2. The van der Waals surface area contributed by atoms with E-state index in [-0.39, 0.29) is 24.9 Å². The molecule has 2 rings (SSSR count). The van der Waals surface area contributed by atoms with E-state index in [1.807, 2.05) is 0 Å². The van der Waals surface area contributed by atoms with Crippen molar-refractivity contribution < 1.29 is 33.8 Å². The summed E-state index contributed by atoms with van der Waals surface area (Å²) >= 11 is 0. The van der Waals surface area contributed by atoms with E-state index >= 15 is 0 Å². The molecule has 2 bridgehead atoms. The van der Waals surface area contributed by atoms with Gasteiger partial charge in [0, 0.05) is 12.8 Å². The zero-order valence-corrected chi connectivity index (χ0v) is 13.9. The van der Waals surface area contributed by atoms with Gasteiger partial charge in [-0.2, -0.15) is 0 Å². The van der Waals surface area contributed by atoms with Gasteiger partial charge < -0.3 is 24.8 Å². The quantitative estimate of drug-likeness (QED) is 0.688. The van der Waals surface area contributed by atoms with Crippen molar-refractivity contribution in [2.24, 2.45) is 0 Å². The number of hydrogen-bond donors (Lipinski definition) is 2. The van der Waals surface area contributed by atoms with Crippen molar-refractivity contribution in [1.82, 2.24) is 10.2 Å². The maximum Gasteiger partial charge on any atom is 0.408 e. The van der Waals surface area contributed by atoms with E-state index in [1.165, 1.54) is 4.90 Å². The number of carbonyl (C=O) groups excluding carboxylic acids is 3. The van der Waals surface area contributed by atoms with Crippen LogP contribution in [0.4, 0.5) is 4.79 Å². The number of aliphatic carboxylic acids is 1. The average molecular weight is 342 g/mol. The molecule has 2 fully saturated rings. The molecular weight excluding hydrogens is 320 g/mol. The smallest absolute Gasteiger partial charge is 0.408 e. The van der Waals surface area contributed by atoms with Crippen LogP contribution in [0.1, 0.15) is 40.0 Å². The summed E-state index contributed by atoms with van der Waals surface area (Å²) in [5, 5.41) is 11.4. The predicted octanol–water partition coefficient (Wildman–Crippen LogP) is 0.271. The van der Waals surface area contributed by atoms with E-state index in [4.69, 9.17) is 9.47 Å². The number of morpholine rings is 1. The van der Waals surface area contributed by atoms with Crippen LogP contribution in [0.2, 0.25) is 0 Å². The zero-order chi connectivity index (χ0) is 18.1. The van der Waals surface area contributed by atoms with Gasteiger partial charge in [0.1, 0.15) is 23.8 Å². The number of esters is 1. The number of carbonyl (C=O) groups is 4. The molecule has 2 N–H and O–H groups in total. The number of ether oxygens (including phenoxy) is 2. The Morgan fingerprint density at radius 1 is 1.42 bits per heavy atom. The van der Waals surface area contributed by atoms with Gasteiger partial charge in [-0.05, 0) is 27.2 Å². The monoisotopic (exact) mass is 342 g/mol. The van der Waals surface area contributed by atoms with E-state index in [2.05, 4.69) is 5.32 Å². The van der Waals surface area contributed by atoms with E-state index < -0.39 is 35.7 Å². The highest BCUT2D eigenvalue weighted by molar-refractivity contribution is 5.88. The molecule has 2 heterocycles. The Morgan fingerprint density at radius 2 is 2.08 bits per heavy atom. The van der Waals surface area contributed by atoms with Gasteiger partial charge in [0.2, 0.25) is 5.91 Å². The van der Waals surface area contributed by atoms with E-state index in [9.17, 15) is 24.3 Å². The van der Waals surface area contributed by atoms with E-state index in [0.29, 0.717) is 13.0 Å². The number of nitrogens with one attached hydrogen (secondary N) is 1. The first-order chi connectivity index (χ1) is 11.1. The highest BCUT2D eigenvalue weighted by atomic mass is 16.6. The summed E-state index contributed by atoms with van der Waals surface area (Å²) in [7, 11) is 0. The molecule has 0 unspecified atom stereocenters. The number of alkyl carbamates (subject to hydrolysis) is 1. The Labute approximate surface area is 139 Å². The highest BCUT2D eigenvalue weighted by Crippen LogP contribution is 2.29. The second kappa shape index (κ2) is 6.66. The molecule has 2 aliphatic heterocycles. The van der Waals surface area contributed by atoms with Crippen LogP contribution < -0.4 is 5.32 Å². The van der Waals surface area contributed by atoms with Crippen LogP contribution >= 0.6 is 0 Å². The first kappa shape index (κ1) is 18.0. The molecule has 0 aliphatic carbocycles. The lowest BCUT2D eigenvalue weighted by Gasteiger charge is -2.26. The number of fused-ring (bicyclic) bond motifs is 2. The average Bonchev–Trinajstić information content (AvgIpc) is 2.99. The minimum Gasteiger partial charge on any atom is -0.480 e. The molecule has 9 heteroatoms. The maximum absolute atomic E-state index is 12.2. The summed E-state index contributed by atoms with van der Waals surface area (Å²) in [5.74, 6) is -1.99. The molecule has 9 nitrogen and oxygen atoms in total. The zero-order valence-electron chi connectivity index (χ0n) is 13.9. The summed E-state index contributed by atoms with van der Waals surface area (Å²) in [6.07, 6.45) is -0.810. The van der Waals surface area contributed by atoms with Crippen LogP contribution in [0, 0.1) is 0 Å². The van der Waals surface area contributed by atoms with Gasteiger partial charge >= 0.3 is 18.0 Å². The Balaban J connectivity index is 1.85. The summed E-state index contributed by atoms with van der Waals surface area (Å²) in [4.78, 5) is 48.0. The van der Waals surface area contributed by atoms with Gasteiger partial charge in [-0.25, -0.2) is 14.4 Å². The largest absolute Gasteiger partial charge is 0.480 e. The van der Waals surface area contributed by atoms with Gasteiger partial charge in [0.05, 0.1) is 6.54 Å². The fourth-order valence-electron chi connectivity index (χ4n) is 2.74. The van der Waals surface area contributed by atoms with E-state index in [1.54, 1.807) is 20.8 Å². The Hall–Kier alpha value is -2.32. The second-order valence-electron chi connectivity index (χ2n) is 6.93. The molecule has 2 amide bonds. The SMILES string of the molecule is CC(C)(C)OC(=O)N[C@@H](CCC(=O)N1C[C@@H]2C[C@H]1C(=O)O2)C(=O)O. The lowest BCUT2D eigenvalue weighted by molar-refractivity contribution is -0.157. The minimum atomic E-state index is -1.25. The van der Waals surface area contributed by atoms with Gasteiger partial charge in [0.15, 0.2) is 0 Å². The van der Waals surface area contributed by atoms with Crippen LogP contribution in [0.3, 0.4) is 0 Å². The summed E-state index contributed by atoms with van der Waals surface area (Å²) in [5.41, 5.74) is -0.752. The fraction of sp³-hybridized carbons (Fsp3) is 0.733. The first-order valence-corrected chi connectivity index (χ1v) is 7.79. The topological polar surface area (TPSA) is 122 Å². The molecule has 0 aromatic rings. The van der Waals surface area contributed by atoms with Gasteiger partial charge in [-0.1, -0.05) is 0 Å². The van der Waals surface area contributed by atoms with Gasteiger partial charge in [-0.15, -0.1) is 0 Å². The van der Waals surface area contributed by atoms with Crippen molar-refractivity contribution in [2.75, 3.05) is 6.54 Å². The number of hydrogen-bond acceptors (Lipinski definition) is 6.